The molecule has 0 spiro atoms. The molecule has 1 aromatic carbocycles. The number of rotatable bonds is 3. The highest BCUT2D eigenvalue weighted by molar-refractivity contribution is 5.85. The van der Waals surface area contributed by atoms with Crippen LogP contribution in [0.2, 0.25) is 0 Å². The van der Waals surface area contributed by atoms with Crippen LogP contribution in [0.3, 0.4) is 0 Å². The Labute approximate surface area is 140 Å². The molecule has 0 saturated heterocycles. The first-order valence-electron chi connectivity index (χ1n) is 7.49. The lowest BCUT2D eigenvalue weighted by Crippen LogP contribution is -2.34. The summed E-state index contributed by atoms with van der Waals surface area (Å²) in [6.45, 7) is 0. The molecular formula is C16H18ClN5O. The second-order valence-electron chi connectivity index (χ2n) is 5.77. The van der Waals surface area contributed by atoms with Crippen LogP contribution in [-0.2, 0) is 5.54 Å². The number of hydrogen-bond donors (Lipinski definition) is 1. The van der Waals surface area contributed by atoms with Crippen molar-refractivity contribution >= 4 is 12.4 Å². The minimum atomic E-state index is -0.441. The molecule has 0 atom stereocenters. The van der Waals surface area contributed by atoms with E-state index in [1.165, 1.54) is 0 Å². The van der Waals surface area contributed by atoms with Gasteiger partial charge in [-0.15, -0.1) is 12.4 Å². The van der Waals surface area contributed by atoms with Crippen LogP contribution in [0.5, 0.6) is 0 Å². The number of benzene rings is 1. The van der Waals surface area contributed by atoms with Crippen LogP contribution in [0.4, 0.5) is 0 Å². The first kappa shape index (κ1) is 15.7. The zero-order valence-electron chi connectivity index (χ0n) is 12.6. The average Bonchev–Trinajstić information content (AvgIpc) is 3.28. The van der Waals surface area contributed by atoms with Gasteiger partial charge in [0, 0.05) is 6.20 Å². The Hall–Kier alpha value is -2.18. The van der Waals surface area contributed by atoms with E-state index in [0.717, 1.165) is 31.4 Å². The molecule has 120 valence electrons. The molecule has 23 heavy (non-hydrogen) atoms. The van der Waals surface area contributed by atoms with Crippen LogP contribution in [0.15, 0.2) is 47.1 Å². The Morgan fingerprint density at radius 2 is 1.83 bits per heavy atom. The Morgan fingerprint density at radius 1 is 1.09 bits per heavy atom. The monoisotopic (exact) mass is 331 g/mol. The molecule has 0 bridgehead atoms. The van der Waals surface area contributed by atoms with Gasteiger partial charge in [0.2, 0.25) is 0 Å². The van der Waals surface area contributed by atoms with Crippen molar-refractivity contribution in [3.05, 3.63) is 48.4 Å². The fraction of sp³-hybridized carbons (Fsp3) is 0.312. The number of nitrogens with zero attached hydrogens (tertiary/aromatic N) is 4. The van der Waals surface area contributed by atoms with Gasteiger partial charge in [0.15, 0.2) is 11.5 Å². The molecule has 2 aromatic heterocycles. The van der Waals surface area contributed by atoms with Crippen molar-refractivity contribution in [1.82, 2.24) is 19.9 Å². The normalized spacial score (nSPS) is 16.2. The highest BCUT2D eigenvalue weighted by Gasteiger charge is 2.36. The van der Waals surface area contributed by atoms with Crippen molar-refractivity contribution < 1.29 is 4.52 Å². The molecule has 1 saturated carbocycles. The molecule has 7 heteroatoms. The molecule has 0 amide bonds. The highest BCUT2D eigenvalue weighted by atomic mass is 35.5. The Morgan fingerprint density at radius 3 is 2.57 bits per heavy atom. The van der Waals surface area contributed by atoms with Crippen molar-refractivity contribution in [2.75, 3.05) is 0 Å². The van der Waals surface area contributed by atoms with E-state index >= 15 is 0 Å². The summed E-state index contributed by atoms with van der Waals surface area (Å²) in [5.41, 5.74) is 7.56. The highest BCUT2D eigenvalue weighted by Crippen LogP contribution is 2.35. The maximum Gasteiger partial charge on any atom is 0.278 e. The average molecular weight is 332 g/mol. The third kappa shape index (κ3) is 2.87. The van der Waals surface area contributed by atoms with Crippen molar-refractivity contribution in [2.45, 2.75) is 31.2 Å². The van der Waals surface area contributed by atoms with Gasteiger partial charge in [-0.3, -0.25) is 0 Å². The Bertz CT molecular complexity index is 777. The van der Waals surface area contributed by atoms with Gasteiger partial charge in [0.05, 0.1) is 11.2 Å². The Balaban J connectivity index is 0.00000156. The second kappa shape index (κ2) is 6.14. The van der Waals surface area contributed by atoms with Crippen LogP contribution >= 0.6 is 12.4 Å². The standard InChI is InChI=1S/C16H17N5O.ClH/c17-16(9-4-5-10-16)15-18-14(22-20-15)13-8-11-21(19-13)12-6-2-1-3-7-12;/h1-3,6-8,11H,4-5,9-10,17H2;1H. The van der Waals surface area contributed by atoms with E-state index in [2.05, 4.69) is 15.2 Å². The lowest BCUT2D eigenvalue weighted by atomic mass is 9.99. The predicted molar refractivity (Wildman–Crippen MR) is 88.4 cm³/mol. The number of para-hydroxylation sites is 1. The molecule has 0 aliphatic heterocycles. The molecule has 0 radical (unpaired) electrons. The minimum absolute atomic E-state index is 0. The number of halogens is 1. The summed E-state index contributed by atoms with van der Waals surface area (Å²) in [5.74, 6) is 1.01. The number of hydrogen-bond acceptors (Lipinski definition) is 5. The zero-order chi connectivity index (χ0) is 15.0. The van der Waals surface area contributed by atoms with Gasteiger partial charge < -0.3 is 10.3 Å². The first-order chi connectivity index (χ1) is 10.7. The van der Waals surface area contributed by atoms with Crippen LogP contribution in [0.25, 0.3) is 17.3 Å². The SMILES string of the molecule is Cl.NC1(c2noc(-c3ccn(-c4ccccc4)n3)n2)CCCC1. The molecule has 1 aliphatic carbocycles. The molecular weight excluding hydrogens is 314 g/mol. The summed E-state index contributed by atoms with van der Waals surface area (Å²) in [6, 6.07) is 11.8. The van der Waals surface area contributed by atoms with E-state index in [0.29, 0.717) is 17.4 Å². The van der Waals surface area contributed by atoms with E-state index in [1.807, 2.05) is 42.6 Å². The quantitative estimate of drug-likeness (QED) is 0.797. The maximum atomic E-state index is 6.36. The van der Waals surface area contributed by atoms with Gasteiger partial charge >= 0.3 is 0 Å². The summed E-state index contributed by atoms with van der Waals surface area (Å²) in [6.07, 6.45) is 5.92. The summed E-state index contributed by atoms with van der Waals surface area (Å²) in [7, 11) is 0. The van der Waals surface area contributed by atoms with Crippen molar-refractivity contribution in [2.24, 2.45) is 5.73 Å². The van der Waals surface area contributed by atoms with E-state index in [9.17, 15) is 0 Å². The summed E-state index contributed by atoms with van der Waals surface area (Å²) in [4.78, 5) is 4.46. The third-order valence-corrected chi connectivity index (χ3v) is 4.20. The maximum absolute atomic E-state index is 6.36. The van der Waals surface area contributed by atoms with Gasteiger partial charge in [-0.25, -0.2) is 4.68 Å². The minimum Gasteiger partial charge on any atom is -0.332 e. The van der Waals surface area contributed by atoms with Crippen molar-refractivity contribution in [3.8, 4) is 17.3 Å². The molecule has 0 unspecified atom stereocenters. The van der Waals surface area contributed by atoms with Crippen molar-refractivity contribution in [1.29, 1.82) is 0 Å². The summed E-state index contributed by atoms with van der Waals surface area (Å²) >= 11 is 0. The van der Waals surface area contributed by atoms with Gasteiger partial charge in [-0.05, 0) is 31.0 Å². The van der Waals surface area contributed by atoms with E-state index < -0.39 is 5.54 Å². The lowest BCUT2D eigenvalue weighted by Gasteiger charge is -2.17. The third-order valence-electron chi connectivity index (χ3n) is 4.20. The smallest absolute Gasteiger partial charge is 0.278 e. The van der Waals surface area contributed by atoms with E-state index in [4.69, 9.17) is 10.3 Å². The lowest BCUT2D eigenvalue weighted by molar-refractivity contribution is 0.372. The van der Waals surface area contributed by atoms with Gasteiger partial charge in [0.1, 0.15) is 0 Å². The molecule has 2 N–H and O–H groups in total. The molecule has 3 aromatic rings. The van der Waals surface area contributed by atoms with Crippen LogP contribution in [-0.4, -0.2) is 19.9 Å². The fourth-order valence-electron chi connectivity index (χ4n) is 2.92. The van der Waals surface area contributed by atoms with E-state index in [-0.39, 0.29) is 12.4 Å². The summed E-state index contributed by atoms with van der Waals surface area (Å²) in [5, 5.41) is 8.56. The first-order valence-corrected chi connectivity index (χ1v) is 7.49. The van der Waals surface area contributed by atoms with Gasteiger partial charge in [-0.1, -0.05) is 36.2 Å². The predicted octanol–water partition coefficient (Wildman–Crippen LogP) is 3.07. The number of aromatic nitrogens is 4. The summed E-state index contributed by atoms with van der Waals surface area (Å²) < 4.78 is 7.15. The molecule has 1 aliphatic rings. The molecule has 1 fully saturated rings. The van der Waals surface area contributed by atoms with Crippen LogP contribution in [0, 0.1) is 0 Å². The second-order valence-corrected chi connectivity index (χ2v) is 5.77. The fourth-order valence-corrected chi connectivity index (χ4v) is 2.92. The zero-order valence-corrected chi connectivity index (χ0v) is 13.4. The molecule has 6 nitrogen and oxygen atoms in total. The van der Waals surface area contributed by atoms with Gasteiger partial charge in [-0.2, -0.15) is 10.1 Å². The van der Waals surface area contributed by atoms with Crippen molar-refractivity contribution in [3.63, 3.8) is 0 Å². The molecule has 2 heterocycles. The number of nitrogens with two attached hydrogens (primary N) is 1. The van der Waals surface area contributed by atoms with E-state index in [1.54, 1.807) is 4.68 Å². The Kier molecular flexibility index (Phi) is 4.19. The molecule has 4 rings (SSSR count). The largest absolute Gasteiger partial charge is 0.332 e. The van der Waals surface area contributed by atoms with Gasteiger partial charge in [0.25, 0.3) is 5.89 Å². The van der Waals surface area contributed by atoms with Crippen LogP contribution < -0.4 is 5.73 Å². The van der Waals surface area contributed by atoms with Crippen LogP contribution in [0.1, 0.15) is 31.5 Å². The topological polar surface area (TPSA) is 82.8 Å².